The Morgan fingerprint density at radius 1 is 1.28 bits per heavy atom. The van der Waals surface area contributed by atoms with Crippen molar-refractivity contribution in [2.45, 2.75) is 13.5 Å². The molecule has 1 heterocycles. The quantitative estimate of drug-likeness (QED) is 0.561. The van der Waals surface area contributed by atoms with Gasteiger partial charge in [0.1, 0.15) is 6.61 Å². The minimum absolute atomic E-state index is 0.121. The van der Waals surface area contributed by atoms with Gasteiger partial charge in [0.05, 0.1) is 11.4 Å². The number of para-hydroxylation sites is 1. The number of hydrogen-bond acceptors (Lipinski definition) is 4. The number of nitrogens with zero attached hydrogens (tertiary/aromatic N) is 2. The van der Waals surface area contributed by atoms with E-state index in [4.69, 9.17) is 4.74 Å². The van der Waals surface area contributed by atoms with Crippen LogP contribution in [0.15, 0.2) is 58.4 Å². The number of rotatable bonds is 5. The van der Waals surface area contributed by atoms with Crippen LogP contribution in [0.5, 0.6) is 5.75 Å². The molecule has 0 spiro atoms. The monoisotopic (exact) mass is 420 g/mol. The molecule has 0 saturated carbocycles. The first-order chi connectivity index (χ1) is 12.0. The van der Waals surface area contributed by atoms with Crippen molar-refractivity contribution in [2.24, 2.45) is 0 Å². The zero-order chi connectivity index (χ0) is 17.8. The van der Waals surface area contributed by atoms with E-state index in [0.717, 1.165) is 5.69 Å². The van der Waals surface area contributed by atoms with Crippen LogP contribution in [0.2, 0.25) is 0 Å². The molecular weight excluding hydrogens is 407 g/mol. The molecule has 1 aromatic heterocycles. The van der Waals surface area contributed by atoms with Crippen LogP contribution in [-0.4, -0.2) is 10.9 Å². The van der Waals surface area contributed by atoms with Gasteiger partial charge in [-0.15, -0.1) is 11.3 Å². The summed E-state index contributed by atoms with van der Waals surface area (Å²) < 4.78 is 19.9. The number of thiazole rings is 1. The molecule has 0 N–H and O–H groups in total. The second kappa shape index (κ2) is 7.76. The Bertz CT molecular complexity index is 886. The van der Waals surface area contributed by atoms with Gasteiger partial charge in [-0.05, 0) is 30.3 Å². The summed E-state index contributed by atoms with van der Waals surface area (Å²) in [6, 6.07) is 13.9. The Morgan fingerprint density at radius 3 is 2.72 bits per heavy atom. The van der Waals surface area contributed by atoms with Gasteiger partial charge in [0.15, 0.2) is 16.7 Å². The summed E-state index contributed by atoms with van der Waals surface area (Å²) in [6.07, 6.45) is 0. The number of ether oxygens (including phenoxy) is 1. The topological polar surface area (TPSA) is 42.4 Å². The van der Waals surface area contributed by atoms with E-state index < -0.39 is 5.82 Å². The maximum Gasteiger partial charge on any atom is 0.230 e. The van der Waals surface area contributed by atoms with Crippen LogP contribution in [-0.2, 0) is 11.4 Å². The molecule has 0 radical (unpaired) electrons. The fraction of sp³-hybridized carbons (Fsp3) is 0.111. The number of hydrogen-bond donors (Lipinski definition) is 0. The summed E-state index contributed by atoms with van der Waals surface area (Å²) in [7, 11) is 0. The molecule has 1 amide bonds. The highest BCUT2D eigenvalue weighted by atomic mass is 79.9. The number of carbonyl (C=O) groups is 1. The minimum Gasteiger partial charge on any atom is -0.484 e. The second-order valence-corrected chi connectivity index (χ2v) is 6.93. The summed E-state index contributed by atoms with van der Waals surface area (Å²) in [5, 5.41) is 2.35. The molecule has 25 heavy (non-hydrogen) atoms. The minimum atomic E-state index is -0.445. The third-order valence-corrected chi connectivity index (χ3v) is 4.70. The molecule has 0 bridgehead atoms. The van der Waals surface area contributed by atoms with Crippen molar-refractivity contribution in [2.75, 3.05) is 4.90 Å². The van der Waals surface area contributed by atoms with Crippen molar-refractivity contribution >= 4 is 44.0 Å². The van der Waals surface area contributed by atoms with Crippen molar-refractivity contribution in [3.8, 4) is 5.75 Å². The van der Waals surface area contributed by atoms with Crippen LogP contribution in [0, 0.1) is 5.82 Å². The van der Waals surface area contributed by atoms with E-state index in [1.54, 1.807) is 17.5 Å². The average molecular weight is 421 g/mol. The van der Waals surface area contributed by atoms with E-state index >= 15 is 0 Å². The molecule has 0 saturated heterocycles. The largest absolute Gasteiger partial charge is 0.484 e. The number of aromatic nitrogens is 1. The van der Waals surface area contributed by atoms with Crippen molar-refractivity contribution in [3.63, 3.8) is 0 Å². The Labute approximate surface area is 157 Å². The number of halogens is 2. The maximum absolute atomic E-state index is 13.8. The molecule has 0 unspecified atom stereocenters. The molecule has 0 atom stereocenters. The van der Waals surface area contributed by atoms with Crippen LogP contribution in [0.4, 0.5) is 15.2 Å². The lowest BCUT2D eigenvalue weighted by atomic mass is 10.3. The molecule has 7 heteroatoms. The summed E-state index contributed by atoms with van der Waals surface area (Å²) in [5.74, 6) is -0.421. The molecule has 4 nitrogen and oxygen atoms in total. The lowest BCUT2D eigenvalue weighted by Gasteiger charge is -2.17. The third kappa shape index (κ3) is 4.24. The first-order valence-corrected chi connectivity index (χ1v) is 9.10. The lowest BCUT2D eigenvalue weighted by Crippen LogP contribution is -2.22. The van der Waals surface area contributed by atoms with Crippen LogP contribution in [0.25, 0.3) is 0 Å². The highest BCUT2D eigenvalue weighted by Gasteiger charge is 2.18. The molecule has 128 valence electrons. The second-order valence-electron chi connectivity index (χ2n) is 5.17. The van der Waals surface area contributed by atoms with Gasteiger partial charge in [0.2, 0.25) is 5.91 Å². The molecule has 0 aliphatic rings. The molecule has 0 aliphatic heterocycles. The molecular formula is C18H14BrFN2O2S. The maximum atomic E-state index is 13.8. The number of benzene rings is 2. The van der Waals surface area contributed by atoms with Gasteiger partial charge in [-0.2, -0.15) is 0 Å². The van der Waals surface area contributed by atoms with E-state index in [1.807, 2.05) is 30.3 Å². The van der Waals surface area contributed by atoms with Crippen LogP contribution < -0.4 is 9.64 Å². The van der Waals surface area contributed by atoms with Crippen molar-refractivity contribution < 1.29 is 13.9 Å². The summed E-state index contributed by atoms with van der Waals surface area (Å²) in [6.45, 7) is 1.61. The Kier molecular flexibility index (Phi) is 5.45. The van der Waals surface area contributed by atoms with Gasteiger partial charge in [0.25, 0.3) is 0 Å². The Hall–Kier alpha value is -2.25. The van der Waals surface area contributed by atoms with E-state index in [-0.39, 0.29) is 18.3 Å². The first kappa shape index (κ1) is 17.6. The molecule has 3 rings (SSSR count). The van der Waals surface area contributed by atoms with Crippen molar-refractivity contribution in [3.05, 3.63) is 69.9 Å². The van der Waals surface area contributed by atoms with Gasteiger partial charge in [-0.3, -0.25) is 9.69 Å². The standard InChI is InChI=1S/C18H14BrFN2O2S/c1-12(23)22(15-5-3-2-4-6-15)18-21-14(11-25-18)10-24-17-8-7-13(19)9-16(17)20/h2-9,11H,10H2,1H3. The van der Waals surface area contributed by atoms with Gasteiger partial charge < -0.3 is 4.74 Å². The smallest absolute Gasteiger partial charge is 0.230 e. The number of amides is 1. The lowest BCUT2D eigenvalue weighted by molar-refractivity contribution is -0.115. The zero-order valence-electron chi connectivity index (χ0n) is 13.3. The van der Waals surface area contributed by atoms with Gasteiger partial charge in [0, 0.05) is 16.8 Å². The van der Waals surface area contributed by atoms with Crippen LogP contribution >= 0.6 is 27.3 Å². The predicted molar refractivity (Wildman–Crippen MR) is 99.8 cm³/mol. The highest BCUT2D eigenvalue weighted by molar-refractivity contribution is 9.10. The zero-order valence-corrected chi connectivity index (χ0v) is 15.7. The van der Waals surface area contributed by atoms with Crippen molar-refractivity contribution in [1.82, 2.24) is 4.98 Å². The molecule has 2 aromatic carbocycles. The summed E-state index contributed by atoms with van der Waals surface area (Å²) >= 11 is 4.54. The molecule has 3 aromatic rings. The Morgan fingerprint density at radius 2 is 2.04 bits per heavy atom. The summed E-state index contributed by atoms with van der Waals surface area (Å²) in [5.41, 5.74) is 1.38. The normalized spacial score (nSPS) is 10.5. The highest BCUT2D eigenvalue weighted by Crippen LogP contribution is 2.29. The van der Waals surface area contributed by atoms with E-state index in [1.165, 1.54) is 29.2 Å². The number of anilines is 2. The van der Waals surface area contributed by atoms with Gasteiger partial charge >= 0.3 is 0 Å². The molecule has 0 fully saturated rings. The average Bonchev–Trinajstić information content (AvgIpc) is 3.03. The van der Waals surface area contributed by atoms with E-state index in [2.05, 4.69) is 20.9 Å². The van der Waals surface area contributed by atoms with E-state index in [9.17, 15) is 9.18 Å². The van der Waals surface area contributed by atoms with Gasteiger partial charge in [-0.1, -0.05) is 34.1 Å². The fourth-order valence-corrected chi connectivity index (χ4v) is 3.42. The van der Waals surface area contributed by atoms with Gasteiger partial charge in [-0.25, -0.2) is 9.37 Å². The van der Waals surface area contributed by atoms with Crippen molar-refractivity contribution in [1.29, 1.82) is 0 Å². The Balaban J connectivity index is 1.76. The third-order valence-electron chi connectivity index (χ3n) is 3.33. The SMILES string of the molecule is CC(=O)N(c1ccccc1)c1nc(COc2ccc(Br)cc2F)cs1. The fourth-order valence-electron chi connectivity index (χ4n) is 2.21. The first-order valence-electron chi connectivity index (χ1n) is 7.42. The molecule has 0 aliphatic carbocycles. The van der Waals surface area contributed by atoms with Crippen LogP contribution in [0.1, 0.15) is 12.6 Å². The van der Waals surface area contributed by atoms with E-state index in [0.29, 0.717) is 15.3 Å². The predicted octanol–water partition coefficient (Wildman–Crippen LogP) is 5.31. The number of carbonyl (C=O) groups excluding carboxylic acids is 1. The summed E-state index contributed by atoms with van der Waals surface area (Å²) in [4.78, 5) is 18.0. The van der Waals surface area contributed by atoms with Crippen LogP contribution in [0.3, 0.4) is 0 Å².